The number of hydrogen-bond acceptors (Lipinski definition) is 5. The van der Waals surface area contributed by atoms with Gasteiger partial charge in [0, 0.05) is 0 Å². The highest BCUT2D eigenvalue weighted by Gasteiger charge is 2.36. The van der Waals surface area contributed by atoms with Crippen molar-refractivity contribution in [3.05, 3.63) is 12.2 Å². The van der Waals surface area contributed by atoms with Crippen LogP contribution in [0.5, 0.6) is 0 Å². The highest BCUT2D eigenvalue weighted by molar-refractivity contribution is 5.88. The quantitative estimate of drug-likeness (QED) is 0.826. The van der Waals surface area contributed by atoms with E-state index in [1.54, 1.807) is 20.8 Å². The number of nitrogens with one attached hydrogen (secondary N) is 1. The summed E-state index contributed by atoms with van der Waals surface area (Å²) < 4.78 is 45.7. The fourth-order valence-corrected chi connectivity index (χ4v) is 1.67. The number of hydrogen-bond donors (Lipinski definition) is 2. The summed E-state index contributed by atoms with van der Waals surface area (Å²) in [5.74, 6) is -0.225. The number of aliphatic imine (C=N–C) groups is 1. The van der Waals surface area contributed by atoms with Crippen LogP contribution in [-0.2, 0) is 9.47 Å². The first kappa shape index (κ1) is 19.3. The number of amides is 1. The molecule has 0 spiro atoms. The number of rotatable bonds is 3. The molecule has 0 saturated carbocycles. The number of ether oxygens (including phenoxy) is 2. The third kappa shape index (κ3) is 6.89. The fourth-order valence-electron chi connectivity index (χ4n) is 1.67. The second kappa shape index (κ2) is 6.77. The number of nitrogens with zero attached hydrogens (tertiary/aromatic N) is 1. The maximum absolute atomic E-state index is 12.1. The first-order chi connectivity index (χ1) is 10.3. The van der Waals surface area contributed by atoms with E-state index in [4.69, 9.17) is 4.74 Å². The van der Waals surface area contributed by atoms with Gasteiger partial charge in [-0.25, -0.2) is 9.79 Å². The Morgan fingerprint density at radius 2 is 2.09 bits per heavy atom. The summed E-state index contributed by atoms with van der Waals surface area (Å²) >= 11 is 0. The molecule has 1 heterocycles. The number of halogens is 3. The molecule has 1 rings (SSSR count). The lowest BCUT2D eigenvalue weighted by Crippen LogP contribution is -2.53. The standard InChI is InChI=1S/C14H21F3N2O4/c1-9(19-11(20)23-12(2,3)4)13(21)6-5-10(18-7-13)22-8-14(15,16)17/h5-6,9,21H,7-8H2,1-4H3,(H,19,20). The average molecular weight is 338 g/mol. The van der Waals surface area contributed by atoms with Crippen LogP contribution in [0.2, 0.25) is 0 Å². The van der Waals surface area contributed by atoms with E-state index in [0.717, 1.165) is 6.08 Å². The molecule has 2 N–H and O–H groups in total. The molecule has 0 fully saturated rings. The molecule has 0 aliphatic carbocycles. The SMILES string of the molecule is CC(NC(=O)OC(C)(C)C)C1(O)C=CC(OCC(F)(F)F)=NC1. The van der Waals surface area contributed by atoms with E-state index in [9.17, 15) is 23.1 Å². The van der Waals surface area contributed by atoms with Crippen molar-refractivity contribution in [2.45, 2.75) is 51.1 Å². The Bertz CT molecular complexity index is 497. The molecule has 2 unspecified atom stereocenters. The lowest BCUT2D eigenvalue weighted by Gasteiger charge is -2.33. The lowest BCUT2D eigenvalue weighted by molar-refractivity contribution is -0.156. The molecule has 6 nitrogen and oxygen atoms in total. The van der Waals surface area contributed by atoms with Crippen LogP contribution in [0.4, 0.5) is 18.0 Å². The average Bonchev–Trinajstić information content (AvgIpc) is 2.34. The van der Waals surface area contributed by atoms with Gasteiger partial charge in [0.25, 0.3) is 0 Å². The third-order valence-electron chi connectivity index (χ3n) is 2.87. The Morgan fingerprint density at radius 3 is 2.52 bits per heavy atom. The Hall–Kier alpha value is -1.77. The van der Waals surface area contributed by atoms with Gasteiger partial charge in [-0.05, 0) is 39.8 Å². The maximum atomic E-state index is 12.1. The van der Waals surface area contributed by atoms with Crippen molar-refractivity contribution < 1.29 is 32.5 Å². The predicted molar refractivity (Wildman–Crippen MR) is 77.2 cm³/mol. The van der Waals surface area contributed by atoms with Crippen LogP contribution >= 0.6 is 0 Å². The largest absolute Gasteiger partial charge is 0.468 e. The van der Waals surface area contributed by atoms with Crippen molar-refractivity contribution in [3.8, 4) is 0 Å². The number of aliphatic hydroxyl groups is 1. The topological polar surface area (TPSA) is 80.2 Å². The Balaban J connectivity index is 2.57. The van der Waals surface area contributed by atoms with E-state index in [1.807, 2.05) is 0 Å². The van der Waals surface area contributed by atoms with Gasteiger partial charge in [-0.2, -0.15) is 13.2 Å². The van der Waals surface area contributed by atoms with Crippen LogP contribution in [-0.4, -0.2) is 53.7 Å². The van der Waals surface area contributed by atoms with E-state index in [0.29, 0.717) is 0 Å². The van der Waals surface area contributed by atoms with Gasteiger partial charge in [0.2, 0.25) is 5.90 Å². The Labute approximate surface area is 132 Å². The van der Waals surface area contributed by atoms with E-state index in [1.165, 1.54) is 13.0 Å². The molecule has 2 atom stereocenters. The summed E-state index contributed by atoms with van der Waals surface area (Å²) in [6.45, 7) is 4.92. The molecule has 0 aromatic rings. The minimum absolute atomic E-state index is 0.225. The summed E-state index contributed by atoms with van der Waals surface area (Å²) in [4.78, 5) is 15.4. The van der Waals surface area contributed by atoms with Crippen molar-refractivity contribution in [1.29, 1.82) is 0 Å². The van der Waals surface area contributed by atoms with Crippen molar-refractivity contribution in [3.63, 3.8) is 0 Å². The van der Waals surface area contributed by atoms with Gasteiger partial charge in [0.15, 0.2) is 6.61 Å². The molecule has 9 heteroatoms. The van der Waals surface area contributed by atoms with E-state index >= 15 is 0 Å². The molecule has 1 aliphatic heterocycles. The highest BCUT2D eigenvalue weighted by Crippen LogP contribution is 2.20. The molecular weight excluding hydrogens is 317 g/mol. The molecule has 132 valence electrons. The number of alkyl halides is 3. The van der Waals surface area contributed by atoms with Gasteiger partial charge < -0.3 is 19.9 Å². The number of carbonyl (C=O) groups excluding carboxylic acids is 1. The minimum Gasteiger partial charge on any atom is -0.468 e. The molecule has 1 aliphatic rings. The summed E-state index contributed by atoms with van der Waals surface area (Å²) in [7, 11) is 0. The zero-order valence-corrected chi connectivity index (χ0v) is 13.4. The van der Waals surface area contributed by atoms with Crippen LogP contribution in [0.3, 0.4) is 0 Å². The van der Waals surface area contributed by atoms with Gasteiger partial charge in [-0.3, -0.25) is 0 Å². The summed E-state index contributed by atoms with van der Waals surface area (Å²) in [5.41, 5.74) is -2.23. The van der Waals surface area contributed by atoms with Crippen molar-refractivity contribution in [2.24, 2.45) is 4.99 Å². The summed E-state index contributed by atoms with van der Waals surface area (Å²) in [6.07, 6.45) is -2.79. The smallest absolute Gasteiger partial charge is 0.422 e. The summed E-state index contributed by atoms with van der Waals surface area (Å²) in [6, 6.07) is -0.762. The van der Waals surface area contributed by atoms with E-state index in [-0.39, 0.29) is 12.4 Å². The second-order valence-corrected chi connectivity index (χ2v) is 6.25. The second-order valence-electron chi connectivity index (χ2n) is 6.25. The molecule has 1 amide bonds. The van der Waals surface area contributed by atoms with Gasteiger partial charge in [-0.1, -0.05) is 0 Å². The van der Waals surface area contributed by atoms with Crippen LogP contribution in [0.15, 0.2) is 17.1 Å². The van der Waals surface area contributed by atoms with Crippen molar-refractivity contribution in [2.75, 3.05) is 13.2 Å². The van der Waals surface area contributed by atoms with Crippen molar-refractivity contribution >= 4 is 12.0 Å². The van der Waals surface area contributed by atoms with Gasteiger partial charge in [0.1, 0.15) is 11.2 Å². The van der Waals surface area contributed by atoms with Crippen LogP contribution in [0, 0.1) is 0 Å². The highest BCUT2D eigenvalue weighted by atomic mass is 19.4. The van der Waals surface area contributed by atoms with Crippen LogP contribution < -0.4 is 5.32 Å². The Kier molecular flexibility index (Phi) is 5.68. The van der Waals surface area contributed by atoms with Gasteiger partial charge >= 0.3 is 12.3 Å². The zero-order chi connectivity index (χ0) is 17.9. The third-order valence-corrected chi connectivity index (χ3v) is 2.87. The lowest BCUT2D eigenvalue weighted by atomic mass is 9.93. The zero-order valence-electron chi connectivity index (χ0n) is 13.4. The monoisotopic (exact) mass is 338 g/mol. The van der Waals surface area contributed by atoms with Gasteiger partial charge in [-0.15, -0.1) is 0 Å². The first-order valence-corrected chi connectivity index (χ1v) is 6.96. The first-order valence-electron chi connectivity index (χ1n) is 6.96. The van der Waals surface area contributed by atoms with Gasteiger partial charge in [0.05, 0.1) is 12.6 Å². The van der Waals surface area contributed by atoms with Crippen LogP contribution in [0.1, 0.15) is 27.7 Å². The van der Waals surface area contributed by atoms with E-state index < -0.39 is 36.1 Å². The number of dihydropyridines is 1. The number of alkyl carbamates (subject to hydrolysis) is 1. The normalized spacial score (nSPS) is 23.0. The molecule has 0 saturated heterocycles. The van der Waals surface area contributed by atoms with E-state index in [2.05, 4.69) is 15.0 Å². The summed E-state index contributed by atoms with van der Waals surface area (Å²) in [5, 5.41) is 12.9. The fraction of sp³-hybridized carbons (Fsp3) is 0.714. The predicted octanol–water partition coefficient (Wildman–Crippen LogP) is 2.18. The molecule has 23 heavy (non-hydrogen) atoms. The minimum atomic E-state index is -4.46. The number of carbonyl (C=O) groups is 1. The van der Waals surface area contributed by atoms with Crippen molar-refractivity contribution in [1.82, 2.24) is 5.32 Å². The molecule has 0 radical (unpaired) electrons. The molecular formula is C14H21F3N2O4. The Morgan fingerprint density at radius 1 is 1.48 bits per heavy atom. The molecule has 0 aromatic carbocycles. The molecule has 0 bridgehead atoms. The maximum Gasteiger partial charge on any atom is 0.422 e. The van der Waals surface area contributed by atoms with Crippen LogP contribution in [0.25, 0.3) is 0 Å². The molecule has 0 aromatic heterocycles.